The van der Waals surface area contributed by atoms with Crippen LogP contribution in [0, 0.1) is 0 Å². The summed E-state index contributed by atoms with van der Waals surface area (Å²) in [6.07, 6.45) is 4.48. The molecule has 2 aliphatic heterocycles. The normalized spacial score (nSPS) is 24.4. The molecule has 1 saturated heterocycles. The van der Waals surface area contributed by atoms with Gasteiger partial charge in [-0.15, -0.1) is 11.6 Å². The van der Waals surface area contributed by atoms with Gasteiger partial charge in [0.2, 0.25) is 0 Å². The van der Waals surface area contributed by atoms with Crippen LogP contribution in [0.2, 0.25) is 0 Å². The molecular weight excluding hydrogens is 396 g/mol. The Morgan fingerprint density at radius 3 is 2.73 bits per heavy atom. The van der Waals surface area contributed by atoms with Crippen LogP contribution in [-0.2, 0) is 16.8 Å². The Bertz CT molecular complexity index is 987. The zero-order valence-corrected chi connectivity index (χ0v) is 18.1. The summed E-state index contributed by atoms with van der Waals surface area (Å²) >= 11 is 5.98. The number of carbonyl (C=O) groups excluding carboxylic acids is 1. The molecular formula is C25H27ClN2O2. The summed E-state index contributed by atoms with van der Waals surface area (Å²) < 4.78 is 5.31. The summed E-state index contributed by atoms with van der Waals surface area (Å²) in [5, 5.41) is 0. The number of fused-ring (bicyclic) bond motifs is 1. The maximum absolute atomic E-state index is 12.8. The Balaban J connectivity index is 1.56. The quantitative estimate of drug-likeness (QED) is 0.641. The number of allylic oxidation sites excluding steroid dienone is 1. The van der Waals surface area contributed by atoms with E-state index < -0.39 is 0 Å². The molecule has 0 amide bonds. The van der Waals surface area contributed by atoms with Crippen molar-refractivity contribution in [3.63, 3.8) is 0 Å². The second-order valence-corrected chi connectivity index (χ2v) is 8.84. The van der Waals surface area contributed by atoms with Gasteiger partial charge in [0.25, 0.3) is 0 Å². The number of anilines is 1. The van der Waals surface area contributed by atoms with Crippen LogP contribution in [0.4, 0.5) is 5.69 Å². The Morgan fingerprint density at radius 1 is 1.17 bits per heavy atom. The van der Waals surface area contributed by atoms with E-state index in [-0.39, 0.29) is 17.2 Å². The number of ether oxygens (including phenoxy) is 1. The summed E-state index contributed by atoms with van der Waals surface area (Å²) in [6.45, 7) is 2.69. The Morgan fingerprint density at radius 2 is 1.97 bits per heavy atom. The molecule has 2 aromatic rings. The third-order valence-corrected chi connectivity index (χ3v) is 7.25. The highest BCUT2D eigenvalue weighted by Crippen LogP contribution is 2.58. The highest BCUT2D eigenvalue weighted by Gasteiger charge is 2.59. The molecule has 156 valence electrons. The molecule has 0 saturated carbocycles. The molecule has 0 aromatic heterocycles. The molecule has 1 spiro atoms. The number of carbonyl (C=O) groups is 1. The number of hydrogen-bond donors (Lipinski definition) is 0. The van der Waals surface area contributed by atoms with Crippen LogP contribution in [0.5, 0.6) is 5.75 Å². The Hall–Kier alpha value is -2.46. The molecule has 2 atom stereocenters. The molecule has 30 heavy (non-hydrogen) atoms. The number of nitrogens with zero attached hydrogens (tertiary/aromatic N) is 2. The van der Waals surface area contributed by atoms with E-state index in [9.17, 15) is 4.79 Å². The van der Waals surface area contributed by atoms with E-state index in [1.165, 1.54) is 22.5 Å². The maximum atomic E-state index is 12.8. The Labute approximate surface area is 183 Å². The molecule has 2 heterocycles. The minimum Gasteiger partial charge on any atom is -0.497 e. The lowest BCUT2D eigenvalue weighted by atomic mass is 9.69. The van der Waals surface area contributed by atoms with Crippen LogP contribution < -0.4 is 9.64 Å². The molecule has 1 aliphatic carbocycles. The van der Waals surface area contributed by atoms with Gasteiger partial charge < -0.3 is 14.5 Å². The first-order valence-electron chi connectivity index (χ1n) is 10.7. The van der Waals surface area contributed by atoms with Crippen molar-refractivity contribution in [2.45, 2.75) is 37.3 Å². The minimum atomic E-state index is -0.0940. The number of likely N-dealkylation sites (tertiary alicyclic amines) is 1. The van der Waals surface area contributed by atoms with Gasteiger partial charge >= 0.3 is 0 Å². The second kappa shape index (κ2) is 7.66. The van der Waals surface area contributed by atoms with Crippen LogP contribution in [0.1, 0.15) is 30.4 Å². The van der Waals surface area contributed by atoms with Gasteiger partial charge in [-0.1, -0.05) is 30.3 Å². The lowest BCUT2D eigenvalue weighted by Gasteiger charge is -2.41. The number of halogens is 1. The lowest BCUT2D eigenvalue weighted by molar-refractivity contribution is -0.115. The van der Waals surface area contributed by atoms with E-state index in [1.54, 1.807) is 7.11 Å². The number of hydrogen-bond acceptors (Lipinski definition) is 4. The molecule has 0 unspecified atom stereocenters. The summed E-state index contributed by atoms with van der Waals surface area (Å²) in [6, 6.07) is 17.1. The van der Waals surface area contributed by atoms with Gasteiger partial charge in [-0.3, -0.25) is 4.79 Å². The van der Waals surface area contributed by atoms with E-state index in [0.717, 1.165) is 38.2 Å². The zero-order valence-electron chi connectivity index (χ0n) is 17.3. The summed E-state index contributed by atoms with van der Waals surface area (Å²) in [4.78, 5) is 17.7. The molecule has 0 N–H and O–H groups in total. The van der Waals surface area contributed by atoms with Gasteiger partial charge in [0, 0.05) is 49.4 Å². The Kier molecular flexibility index (Phi) is 4.98. The minimum absolute atomic E-state index is 0.0940. The molecule has 0 bridgehead atoms. The standard InChI is InChI=1S/C25H27ClN2O2/c1-30-20-9-7-18(8-10-20)17-28-22-6-3-2-5-21(22)25-11-14-27(13-4-12-26)23(25)15-19(29)16-24(25)28/h2-3,5-10,15,24H,4,11-14,16-17H2,1H3/t24-,25+/m0/s1. The van der Waals surface area contributed by atoms with Crippen LogP contribution in [-0.4, -0.2) is 42.8 Å². The largest absolute Gasteiger partial charge is 0.497 e. The van der Waals surface area contributed by atoms with Crippen molar-refractivity contribution in [1.82, 2.24) is 4.90 Å². The SMILES string of the molecule is COc1ccc(CN2c3ccccc3[C@]34CCN(CCCCl)C3=CC(=O)C[C@H]24)cc1. The monoisotopic (exact) mass is 422 g/mol. The van der Waals surface area contributed by atoms with Crippen LogP contribution in [0.25, 0.3) is 0 Å². The van der Waals surface area contributed by atoms with Crippen molar-refractivity contribution in [3.05, 3.63) is 71.4 Å². The van der Waals surface area contributed by atoms with E-state index in [0.29, 0.717) is 12.3 Å². The van der Waals surface area contributed by atoms with Crippen LogP contribution in [0.3, 0.4) is 0 Å². The van der Waals surface area contributed by atoms with Gasteiger partial charge in [0.1, 0.15) is 5.75 Å². The molecule has 1 fully saturated rings. The molecule has 2 aromatic carbocycles. The third-order valence-electron chi connectivity index (χ3n) is 6.98. The highest BCUT2D eigenvalue weighted by atomic mass is 35.5. The van der Waals surface area contributed by atoms with Crippen molar-refractivity contribution in [3.8, 4) is 5.75 Å². The number of alkyl halides is 1. The molecule has 5 rings (SSSR count). The van der Waals surface area contributed by atoms with E-state index in [2.05, 4.69) is 46.2 Å². The summed E-state index contributed by atoms with van der Waals surface area (Å²) in [5.41, 5.74) is 4.97. The smallest absolute Gasteiger partial charge is 0.159 e. The average Bonchev–Trinajstić information content (AvgIpc) is 3.27. The molecule has 3 aliphatic rings. The number of methoxy groups -OCH3 is 1. The highest BCUT2D eigenvalue weighted by molar-refractivity contribution is 6.17. The van der Waals surface area contributed by atoms with Gasteiger partial charge in [-0.2, -0.15) is 0 Å². The summed E-state index contributed by atoms with van der Waals surface area (Å²) in [5.74, 6) is 1.74. The molecule has 0 radical (unpaired) electrons. The fraction of sp³-hybridized carbons (Fsp3) is 0.400. The van der Waals surface area contributed by atoms with Crippen molar-refractivity contribution in [2.75, 3.05) is 31.0 Å². The van der Waals surface area contributed by atoms with Crippen molar-refractivity contribution in [1.29, 1.82) is 0 Å². The van der Waals surface area contributed by atoms with E-state index in [1.807, 2.05) is 18.2 Å². The van der Waals surface area contributed by atoms with Crippen molar-refractivity contribution in [2.24, 2.45) is 0 Å². The number of rotatable bonds is 6. The third kappa shape index (κ3) is 2.92. The summed E-state index contributed by atoms with van der Waals surface area (Å²) in [7, 11) is 1.69. The first kappa shape index (κ1) is 19.5. The average molecular weight is 423 g/mol. The van der Waals surface area contributed by atoms with Gasteiger partial charge in [0.15, 0.2) is 5.78 Å². The first-order valence-corrected chi connectivity index (χ1v) is 11.3. The second-order valence-electron chi connectivity index (χ2n) is 8.46. The van der Waals surface area contributed by atoms with Gasteiger partial charge in [0.05, 0.1) is 18.6 Å². The lowest BCUT2D eigenvalue weighted by Crippen LogP contribution is -2.49. The van der Waals surface area contributed by atoms with Gasteiger partial charge in [-0.05, 0) is 42.2 Å². The van der Waals surface area contributed by atoms with Crippen LogP contribution >= 0.6 is 11.6 Å². The molecule has 5 heteroatoms. The topological polar surface area (TPSA) is 32.8 Å². The van der Waals surface area contributed by atoms with E-state index >= 15 is 0 Å². The van der Waals surface area contributed by atoms with E-state index in [4.69, 9.17) is 16.3 Å². The fourth-order valence-corrected chi connectivity index (χ4v) is 5.80. The predicted molar refractivity (Wildman–Crippen MR) is 120 cm³/mol. The van der Waals surface area contributed by atoms with Crippen LogP contribution in [0.15, 0.2) is 60.3 Å². The predicted octanol–water partition coefficient (Wildman–Crippen LogP) is 4.51. The zero-order chi connectivity index (χ0) is 20.7. The van der Waals surface area contributed by atoms with Gasteiger partial charge in [-0.25, -0.2) is 0 Å². The van der Waals surface area contributed by atoms with Crippen molar-refractivity contribution < 1.29 is 9.53 Å². The van der Waals surface area contributed by atoms with Crippen molar-refractivity contribution >= 4 is 23.1 Å². The maximum Gasteiger partial charge on any atom is 0.159 e. The number of para-hydroxylation sites is 1. The fourth-order valence-electron chi connectivity index (χ4n) is 5.68. The number of ketones is 1. The molecule has 4 nitrogen and oxygen atoms in total. The number of benzene rings is 2. The first-order chi connectivity index (χ1) is 14.7.